The first-order chi connectivity index (χ1) is 9.59. The molecule has 114 valence electrons. The molecule has 1 N–H and O–H groups in total. The third-order valence-electron chi connectivity index (χ3n) is 3.78. The van der Waals surface area contributed by atoms with Crippen molar-refractivity contribution in [2.75, 3.05) is 39.4 Å². The summed E-state index contributed by atoms with van der Waals surface area (Å²) in [6.45, 7) is 7.89. The van der Waals surface area contributed by atoms with Gasteiger partial charge in [-0.05, 0) is 18.8 Å². The third-order valence-corrected chi connectivity index (χ3v) is 3.78. The van der Waals surface area contributed by atoms with Crippen LogP contribution in [0.25, 0.3) is 0 Å². The van der Waals surface area contributed by atoms with Crippen LogP contribution < -0.4 is 5.32 Å². The lowest BCUT2D eigenvalue weighted by Crippen LogP contribution is -2.53. The highest BCUT2D eigenvalue weighted by molar-refractivity contribution is 5.87. The van der Waals surface area contributed by atoms with Gasteiger partial charge in [0, 0.05) is 26.2 Å². The summed E-state index contributed by atoms with van der Waals surface area (Å²) < 4.78 is 5.26. The Bertz CT molecular complexity index is 354. The maximum atomic E-state index is 12.5. The van der Waals surface area contributed by atoms with E-state index in [2.05, 4.69) is 19.2 Å². The number of morpholine rings is 1. The minimum atomic E-state index is -0.291. The normalized spacial score (nSPS) is 23.2. The van der Waals surface area contributed by atoms with Crippen LogP contribution in [0.5, 0.6) is 0 Å². The summed E-state index contributed by atoms with van der Waals surface area (Å²) in [6, 6.07) is -0.400. The summed E-state index contributed by atoms with van der Waals surface area (Å²) in [5.74, 6) is 0.487. The second kappa shape index (κ2) is 6.92. The fourth-order valence-electron chi connectivity index (χ4n) is 2.65. The van der Waals surface area contributed by atoms with E-state index in [1.54, 1.807) is 4.90 Å². The quantitative estimate of drug-likeness (QED) is 0.828. The molecule has 0 bridgehead atoms. The molecule has 0 spiro atoms. The van der Waals surface area contributed by atoms with Crippen molar-refractivity contribution in [3.63, 3.8) is 0 Å². The van der Waals surface area contributed by atoms with Crippen molar-refractivity contribution in [3.05, 3.63) is 0 Å². The van der Waals surface area contributed by atoms with E-state index in [-0.39, 0.29) is 18.0 Å². The Labute approximate surface area is 120 Å². The van der Waals surface area contributed by atoms with Crippen molar-refractivity contribution in [2.45, 2.75) is 32.7 Å². The molecular weight excluding hydrogens is 258 g/mol. The highest BCUT2D eigenvalue weighted by Gasteiger charge is 2.36. The minimum Gasteiger partial charge on any atom is -0.378 e. The maximum Gasteiger partial charge on any atom is 0.318 e. The Hall–Kier alpha value is -1.30. The van der Waals surface area contributed by atoms with Crippen LogP contribution in [0.4, 0.5) is 4.79 Å². The topological polar surface area (TPSA) is 61.9 Å². The number of carbonyl (C=O) groups excluding carboxylic acids is 2. The van der Waals surface area contributed by atoms with Gasteiger partial charge in [-0.25, -0.2) is 4.79 Å². The Morgan fingerprint density at radius 3 is 2.60 bits per heavy atom. The van der Waals surface area contributed by atoms with Crippen molar-refractivity contribution in [3.8, 4) is 0 Å². The molecule has 2 heterocycles. The summed E-state index contributed by atoms with van der Waals surface area (Å²) in [5.41, 5.74) is 0. The first-order valence-electron chi connectivity index (χ1n) is 7.50. The number of hydrogen-bond donors (Lipinski definition) is 1. The zero-order chi connectivity index (χ0) is 14.5. The first-order valence-corrected chi connectivity index (χ1v) is 7.50. The van der Waals surface area contributed by atoms with E-state index in [0.717, 1.165) is 12.8 Å². The highest BCUT2D eigenvalue weighted by atomic mass is 16.5. The molecule has 6 nitrogen and oxygen atoms in total. The number of urea groups is 1. The summed E-state index contributed by atoms with van der Waals surface area (Å²) in [4.78, 5) is 28.2. The molecule has 2 fully saturated rings. The number of amides is 3. The number of ether oxygens (including phenoxy) is 1. The van der Waals surface area contributed by atoms with Gasteiger partial charge in [0.15, 0.2) is 0 Å². The monoisotopic (exact) mass is 283 g/mol. The number of carbonyl (C=O) groups is 2. The standard InChI is InChI=1S/C14H25N3O3/c1-11(2)10-15-14(19)17-5-3-4-12(17)13(18)16-6-8-20-9-7-16/h11-12H,3-10H2,1-2H3,(H,15,19). The second-order valence-corrected chi connectivity index (χ2v) is 5.87. The SMILES string of the molecule is CC(C)CNC(=O)N1CCCC1C(=O)N1CCOCC1. The van der Waals surface area contributed by atoms with Gasteiger partial charge in [-0.15, -0.1) is 0 Å². The van der Waals surface area contributed by atoms with Gasteiger partial charge in [-0.1, -0.05) is 13.8 Å². The lowest BCUT2D eigenvalue weighted by Gasteiger charge is -2.32. The van der Waals surface area contributed by atoms with Crippen LogP contribution in [0.15, 0.2) is 0 Å². The van der Waals surface area contributed by atoms with Gasteiger partial charge in [0.05, 0.1) is 13.2 Å². The Morgan fingerprint density at radius 1 is 1.25 bits per heavy atom. The molecule has 2 aliphatic rings. The van der Waals surface area contributed by atoms with E-state index in [1.165, 1.54) is 0 Å². The molecule has 0 aromatic carbocycles. The second-order valence-electron chi connectivity index (χ2n) is 5.87. The zero-order valence-electron chi connectivity index (χ0n) is 12.4. The number of rotatable bonds is 3. The Balaban J connectivity index is 1.92. The maximum absolute atomic E-state index is 12.5. The van der Waals surface area contributed by atoms with E-state index >= 15 is 0 Å². The number of nitrogens with one attached hydrogen (secondary N) is 1. The van der Waals surface area contributed by atoms with Crippen LogP contribution >= 0.6 is 0 Å². The number of nitrogens with zero attached hydrogens (tertiary/aromatic N) is 2. The van der Waals surface area contributed by atoms with Gasteiger partial charge < -0.3 is 19.9 Å². The highest BCUT2D eigenvalue weighted by Crippen LogP contribution is 2.20. The average Bonchev–Trinajstić information content (AvgIpc) is 2.94. The fourth-order valence-corrected chi connectivity index (χ4v) is 2.65. The van der Waals surface area contributed by atoms with Gasteiger partial charge >= 0.3 is 6.03 Å². The van der Waals surface area contributed by atoms with Crippen molar-refractivity contribution in [2.24, 2.45) is 5.92 Å². The van der Waals surface area contributed by atoms with Gasteiger partial charge in [0.2, 0.25) is 5.91 Å². The summed E-state index contributed by atoms with van der Waals surface area (Å²) in [5, 5.41) is 2.90. The number of likely N-dealkylation sites (tertiary alicyclic amines) is 1. The van der Waals surface area contributed by atoms with Crippen LogP contribution in [-0.2, 0) is 9.53 Å². The van der Waals surface area contributed by atoms with E-state index in [9.17, 15) is 9.59 Å². The van der Waals surface area contributed by atoms with E-state index in [1.807, 2.05) is 4.90 Å². The Kier molecular flexibility index (Phi) is 5.23. The molecule has 1 atom stereocenters. The van der Waals surface area contributed by atoms with Gasteiger partial charge in [-0.3, -0.25) is 4.79 Å². The molecule has 1 unspecified atom stereocenters. The van der Waals surface area contributed by atoms with E-state index < -0.39 is 0 Å². The average molecular weight is 283 g/mol. The molecule has 0 aromatic rings. The molecule has 0 radical (unpaired) electrons. The van der Waals surface area contributed by atoms with Crippen LogP contribution in [0, 0.1) is 5.92 Å². The molecule has 0 aliphatic carbocycles. The summed E-state index contributed by atoms with van der Waals surface area (Å²) >= 11 is 0. The molecule has 0 saturated carbocycles. The minimum absolute atomic E-state index is 0.0745. The molecule has 0 aromatic heterocycles. The van der Waals surface area contributed by atoms with Crippen LogP contribution in [-0.4, -0.2) is 67.2 Å². The zero-order valence-corrected chi connectivity index (χ0v) is 12.4. The van der Waals surface area contributed by atoms with Crippen molar-refractivity contribution < 1.29 is 14.3 Å². The number of hydrogen-bond acceptors (Lipinski definition) is 3. The lowest BCUT2D eigenvalue weighted by atomic mass is 10.2. The Morgan fingerprint density at radius 2 is 1.95 bits per heavy atom. The van der Waals surface area contributed by atoms with Gasteiger partial charge in [0.1, 0.15) is 6.04 Å². The molecule has 3 amide bonds. The van der Waals surface area contributed by atoms with E-state index in [0.29, 0.717) is 45.3 Å². The van der Waals surface area contributed by atoms with Crippen molar-refractivity contribution in [1.29, 1.82) is 0 Å². The molecule has 6 heteroatoms. The summed E-state index contributed by atoms with van der Waals surface area (Å²) in [7, 11) is 0. The smallest absolute Gasteiger partial charge is 0.318 e. The molecule has 2 saturated heterocycles. The van der Waals surface area contributed by atoms with Crippen LogP contribution in [0.2, 0.25) is 0 Å². The molecule has 20 heavy (non-hydrogen) atoms. The third kappa shape index (κ3) is 3.62. The van der Waals surface area contributed by atoms with Gasteiger partial charge in [-0.2, -0.15) is 0 Å². The van der Waals surface area contributed by atoms with E-state index in [4.69, 9.17) is 4.74 Å². The predicted molar refractivity (Wildman–Crippen MR) is 75.4 cm³/mol. The lowest BCUT2D eigenvalue weighted by molar-refractivity contribution is -0.139. The van der Waals surface area contributed by atoms with Gasteiger partial charge in [0.25, 0.3) is 0 Å². The predicted octanol–water partition coefficient (Wildman–Crippen LogP) is 0.675. The van der Waals surface area contributed by atoms with Crippen molar-refractivity contribution >= 4 is 11.9 Å². The molecule has 2 aliphatic heterocycles. The first kappa shape index (κ1) is 15.1. The largest absolute Gasteiger partial charge is 0.378 e. The fraction of sp³-hybridized carbons (Fsp3) is 0.857. The molecular formula is C14H25N3O3. The summed E-state index contributed by atoms with van der Waals surface area (Å²) in [6.07, 6.45) is 1.67. The molecule has 2 rings (SSSR count). The van der Waals surface area contributed by atoms with Crippen LogP contribution in [0.1, 0.15) is 26.7 Å². The van der Waals surface area contributed by atoms with Crippen molar-refractivity contribution in [1.82, 2.24) is 15.1 Å². The van der Waals surface area contributed by atoms with Crippen LogP contribution in [0.3, 0.4) is 0 Å².